The highest BCUT2D eigenvalue weighted by molar-refractivity contribution is 9.10. The number of piperazine rings is 1. The average molecular weight is 287 g/mol. The van der Waals surface area contributed by atoms with E-state index in [9.17, 15) is 4.79 Å². The molecule has 1 saturated heterocycles. The number of rotatable bonds is 1. The summed E-state index contributed by atoms with van der Waals surface area (Å²) in [6, 6.07) is 3.97. The van der Waals surface area contributed by atoms with E-state index in [2.05, 4.69) is 28.2 Å². The monoisotopic (exact) mass is 286 g/mol. The number of hydrogen-bond donors (Lipinski definition) is 1. The van der Waals surface area contributed by atoms with Gasteiger partial charge in [0, 0.05) is 25.2 Å². The zero-order valence-electron chi connectivity index (χ0n) is 9.37. The molecule has 0 bridgehead atoms. The standard InChI is InChI=1S/C11H15BrN2O2/c1-7-6-14(8(2)5-13-7)11(15)9-3-4-10(12)16-9/h3-4,7-8,13H,5-6H2,1-2H3. The topological polar surface area (TPSA) is 45.5 Å². The Labute approximate surface area is 103 Å². The molecule has 1 amide bonds. The minimum absolute atomic E-state index is 0.0356. The fourth-order valence-electron chi connectivity index (χ4n) is 1.88. The lowest BCUT2D eigenvalue weighted by Gasteiger charge is -2.37. The van der Waals surface area contributed by atoms with Crippen LogP contribution >= 0.6 is 15.9 Å². The Balaban J connectivity index is 2.14. The highest BCUT2D eigenvalue weighted by Crippen LogP contribution is 2.18. The molecule has 1 aromatic rings. The largest absolute Gasteiger partial charge is 0.444 e. The summed E-state index contributed by atoms with van der Waals surface area (Å²) in [5.41, 5.74) is 0. The maximum atomic E-state index is 12.2. The van der Waals surface area contributed by atoms with Crippen LogP contribution in [0, 0.1) is 0 Å². The Bertz CT molecular complexity index is 391. The lowest BCUT2D eigenvalue weighted by atomic mass is 10.1. The highest BCUT2D eigenvalue weighted by Gasteiger charge is 2.28. The lowest BCUT2D eigenvalue weighted by Crippen LogP contribution is -2.56. The smallest absolute Gasteiger partial charge is 0.289 e. The van der Waals surface area contributed by atoms with Gasteiger partial charge in [0.2, 0.25) is 0 Å². The van der Waals surface area contributed by atoms with Crippen molar-refractivity contribution in [1.29, 1.82) is 0 Å². The predicted octanol–water partition coefficient (Wildman–Crippen LogP) is 1.86. The molecule has 0 spiro atoms. The van der Waals surface area contributed by atoms with Gasteiger partial charge in [-0.1, -0.05) is 0 Å². The third kappa shape index (κ3) is 2.30. The van der Waals surface area contributed by atoms with Gasteiger partial charge in [0.15, 0.2) is 10.4 Å². The molecule has 2 atom stereocenters. The zero-order valence-corrected chi connectivity index (χ0v) is 11.0. The van der Waals surface area contributed by atoms with E-state index >= 15 is 0 Å². The van der Waals surface area contributed by atoms with Crippen LogP contribution in [0.2, 0.25) is 0 Å². The Morgan fingerprint density at radius 1 is 1.56 bits per heavy atom. The Morgan fingerprint density at radius 3 is 2.94 bits per heavy atom. The summed E-state index contributed by atoms with van der Waals surface area (Å²) < 4.78 is 5.88. The Kier molecular flexibility index (Phi) is 3.35. The van der Waals surface area contributed by atoms with E-state index in [1.807, 2.05) is 11.8 Å². The molecule has 1 fully saturated rings. The van der Waals surface area contributed by atoms with Crippen molar-refractivity contribution in [3.05, 3.63) is 22.6 Å². The minimum atomic E-state index is -0.0356. The van der Waals surface area contributed by atoms with Gasteiger partial charge >= 0.3 is 0 Å². The number of amides is 1. The Hall–Kier alpha value is -0.810. The summed E-state index contributed by atoms with van der Waals surface area (Å²) in [4.78, 5) is 14.0. The molecule has 4 nitrogen and oxygen atoms in total. The predicted molar refractivity (Wildman–Crippen MR) is 64.4 cm³/mol. The summed E-state index contributed by atoms with van der Waals surface area (Å²) >= 11 is 3.20. The molecule has 1 N–H and O–H groups in total. The van der Waals surface area contributed by atoms with E-state index < -0.39 is 0 Å². The molecule has 1 aliphatic rings. The summed E-state index contributed by atoms with van der Waals surface area (Å²) in [5, 5.41) is 3.34. The molecule has 2 rings (SSSR count). The molecule has 2 heterocycles. The highest BCUT2D eigenvalue weighted by atomic mass is 79.9. The van der Waals surface area contributed by atoms with Crippen molar-refractivity contribution < 1.29 is 9.21 Å². The molecule has 1 aliphatic heterocycles. The van der Waals surface area contributed by atoms with Gasteiger partial charge in [-0.05, 0) is 41.9 Å². The number of carbonyl (C=O) groups excluding carboxylic acids is 1. The number of furan rings is 1. The fraction of sp³-hybridized carbons (Fsp3) is 0.545. The first kappa shape index (κ1) is 11.7. The van der Waals surface area contributed by atoms with Crippen LogP contribution in [-0.2, 0) is 0 Å². The third-order valence-electron chi connectivity index (χ3n) is 2.81. The number of nitrogens with one attached hydrogen (secondary N) is 1. The zero-order chi connectivity index (χ0) is 11.7. The first-order valence-corrected chi connectivity index (χ1v) is 6.17. The van der Waals surface area contributed by atoms with E-state index in [4.69, 9.17) is 4.42 Å². The van der Waals surface area contributed by atoms with Gasteiger partial charge < -0.3 is 14.6 Å². The van der Waals surface area contributed by atoms with Crippen molar-refractivity contribution in [3.8, 4) is 0 Å². The first-order valence-electron chi connectivity index (χ1n) is 5.37. The van der Waals surface area contributed by atoms with Crippen molar-refractivity contribution >= 4 is 21.8 Å². The number of carbonyl (C=O) groups is 1. The van der Waals surface area contributed by atoms with Crippen molar-refractivity contribution in [2.45, 2.75) is 25.9 Å². The Morgan fingerprint density at radius 2 is 2.31 bits per heavy atom. The van der Waals surface area contributed by atoms with Crippen LogP contribution in [0.5, 0.6) is 0 Å². The van der Waals surface area contributed by atoms with Crippen LogP contribution < -0.4 is 5.32 Å². The number of nitrogens with zero attached hydrogens (tertiary/aromatic N) is 1. The van der Waals surface area contributed by atoms with Gasteiger partial charge in [0.25, 0.3) is 5.91 Å². The first-order chi connectivity index (χ1) is 7.58. The van der Waals surface area contributed by atoms with Gasteiger partial charge in [-0.2, -0.15) is 0 Å². The van der Waals surface area contributed by atoms with E-state index in [1.54, 1.807) is 12.1 Å². The molecule has 0 radical (unpaired) electrons. The van der Waals surface area contributed by atoms with E-state index in [-0.39, 0.29) is 11.9 Å². The molecule has 2 unspecified atom stereocenters. The lowest BCUT2D eigenvalue weighted by molar-refractivity contribution is 0.0582. The second-order valence-electron chi connectivity index (χ2n) is 4.22. The quantitative estimate of drug-likeness (QED) is 0.857. The van der Waals surface area contributed by atoms with E-state index in [0.29, 0.717) is 16.5 Å². The molecule has 0 aliphatic carbocycles. The molecule has 5 heteroatoms. The van der Waals surface area contributed by atoms with Crippen molar-refractivity contribution in [1.82, 2.24) is 10.2 Å². The molecular weight excluding hydrogens is 272 g/mol. The van der Waals surface area contributed by atoms with Gasteiger partial charge in [-0.25, -0.2) is 0 Å². The maximum Gasteiger partial charge on any atom is 0.289 e. The molecule has 1 aromatic heterocycles. The van der Waals surface area contributed by atoms with Gasteiger partial charge in [-0.15, -0.1) is 0 Å². The third-order valence-corrected chi connectivity index (χ3v) is 3.24. The van der Waals surface area contributed by atoms with Crippen LogP contribution in [-0.4, -0.2) is 36.0 Å². The van der Waals surface area contributed by atoms with Crippen molar-refractivity contribution in [2.24, 2.45) is 0 Å². The van der Waals surface area contributed by atoms with Crippen LogP contribution in [0.25, 0.3) is 0 Å². The molecule has 0 aromatic carbocycles. The minimum Gasteiger partial charge on any atom is -0.444 e. The van der Waals surface area contributed by atoms with Crippen molar-refractivity contribution in [2.75, 3.05) is 13.1 Å². The van der Waals surface area contributed by atoms with Gasteiger partial charge in [-0.3, -0.25) is 4.79 Å². The summed E-state index contributed by atoms with van der Waals surface area (Å²) in [6.45, 7) is 5.66. The normalized spacial score (nSPS) is 25.8. The summed E-state index contributed by atoms with van der Waals surface area (Å²) in [7, 11) is 0. The fourth-order valence-corrected chi connectivity index (χ4v) is 2.18. The SMILES string of the molecule is CC1CN(C(=O)c2ccc(Br)o2)C(C)CN1. The molecule has 0 saturated carbocycles. The van der Waals surface area contributed by atoms with Gasteiger partial charge in [0.1, 0.15) is 0 Å². The second-order valence-corrected chi connectivity index (χ2v) is 5.00. The van der Waals surface area contributed by atoms with Crippen LogP contribution in [0.3, 0.4) is 0 Å². The van der Waals surface area contributed by atoms with Crippen LogP contribution in [0.1, 0.15) is 24.4 Å². The molecule has 88 valence electrons. The summed E-state index contributed by atoms with van der Waals surface area (Å²) in [6.07, 6.45) is 0. The van der Waals surface area contributed by atoms with E-state index in [0.717, 1.165) is 13.1 Å². The van der Waals surface area contributed by atoms with Crippen LogP contribution in [0.15, 0.2) is 21.2 Å². The summed E-state index contributed by atoms with van der Waals surface area (Å²) in [5.74, 6) is 0.361. The number of halogens is 1. The van der Waals surface area contributed by atoms with E-state index in [1.165, 1.54) is 0 Å². The second kappa shape index (κ2) is 4.59. The van der Waals surface area contributed by atoms with Crippen molar-refractivity contribution in [3.63, 3.8) is 0 Å². The van der Waals surface area contributed by atoms with Crippen LogP contribution in [0.4, 0.5) is 0 Å². The van der Waals surface area contributed by atoms with Gasteiger partial charge in [0.05, 0.1) is 0 Å². The average Bonchev–Trinajstić information content (AvgIpc) is 2.67. The maximum absolute atomic E-state index is 12.2. The molecule has 16 heavy (non-hydrogen) atoms. The molecular formula is C11H15BrN2O2. The number of hydrogen-bond acceptors (Lipinski definition) is 3.